The van der Waals surface area contributed by atoms with E-state index in [9.17, 15) is 8.42 Å². The highest BCUT2D eigenvalue weighted by Crippen LogP contribution is 2.18. The first kappa shape index (κ1) is 14.6. The number of thiazole rings is 1. The largest absolute Gasteiger partial charge is 0.307 e. The van der Waals surface area contributed by atoms with E-state index in [4.69, 9.17) is 0 Å². The summed E-state index contributed by atoms with van der Waals surface area (Å²) in [4.78, 5) is 4.38. The SMILES string of the molecule is Cc1nc(C(C)NCC(C)(C)S(C)(=O)=O)cs1. The molecule has 17 heavy (non-hydrogen) atoms. The van der Waals surface area contributed by atoms with Crippen LogP contribution in [0.2, 0.25) is 0 Å². The molecule has 1 aromatic rings. The van der Waals surface area contributed by atoms with Crippen molar-refractivity contribution >= 4 is 21.2 Å². The third kappa shape index (κ3) is 3.76. The summed E-state index contributed by atoms with van der Waals surface area (Å²) >= 11 is 1.60. The van der Waals surface area contributed by atoms with E-state index in [-0.39, 0.29) is 6.04 Å². The highest BCUT2D eigenvalue weighted by molar-refractivity contribution is 7.92. The summed E-state index contributed by atoms with van der Waals surface area (Å²) in [6.45, 7) is 7.83. The van der Waals surface area contributed by atoms with Gasteiger partial charge in [-0.3, -0.25) is 0 Å². The number of rotatable bonds is 5. The van der Waals surface area contributed by atoms with E-state index in [0.717, 1.165) is 10.7 Å². The second-order valence-corrected chi connectivity index (χ2v) is 8.64. The maximum atomic E-state index is 11.6. The fraction of sp³-hybridized carbons (Fsp3) is 0.727. The maximum absolute atomic E-state index is 11.6. The molecule has 0 aliphatic carbocycles. The Labute approximate surface area is 107 Å². The molecule has 1 aromatic heterocycles. The Hall–Kier alpha value is -0.460. The van der Waals surface area contributed by atoms with E-state index in [1.165, 1.54) is 6.26 Å². The van der Waals surface area contributed by atoms with Crippen LogP contribution in [-0.2, 0) is 9.84 Å². The highest BCUT2D eigenvalue weighted by Gasteiger charge is 2.30. The Balaban J connectivity index is 2.63. The molecule has 0 aliphatic rings. The lowest BCUT2D eigenvalue weighted by Gasteiger charge is -2.24. The molecule has 0 bridgehead atoms. The molecule has 0 spiro atoms. The molecule has 1 heterocycles. The van der Waals surface area contributed by atoms with E-state index in [0.29, 0.717) is 6.54 Å². The van der Waals surface area contributed by atoms with Crippen molar-refractivity contribution in [2.75, 3.05) is 12.8 Å². The molecular formula is C11H20N2O2S2. The molecule has 0 saturated carbocycles. The molecule has 98 valence electrons. The van der Waals surface area contributed by atoms with Gasteiger partial charge in [0.2, 0.25) is 0 Å². The number of hydrogen-bond donors (Lipinski definition) is 1. The zero-order valence-electron chi connectivity index (χ0n) is 10.9. The molecule has 0 saturated heterocycles. The Kier molecular flexibility index (Phi) is 4.33. The highest BCUT2D eigenvalue weighted by atomic mass is 32.2. The number of nitrogens with one attached hydrogen (secondary N) is 1. The minimum atomic E-state index is -3.06. The molecule has 0 fully saturated rings. The lowest BCUT2D eigenvalue weighted by Crippen LogP contribution is -2.42. The van der Waals surface area contributed by atoms with Crippen LogP contribution in [0.3, 0.4) is 0 Å². The summed E-state index contributed by atoms with van der Waals surface area (Å²) in [5, 5.41) is 6.25. The molecule has 1 unspecified atom stereocenters. The molecule has 0 radical (unpaired) electrons. The monoisotopic (exact) mass is 276 g/mol. The quantitative estimate of drug-likeness (QED) is 0.892. The summed E-state index contributed by atoms with van der Waals surface area (Å²) in [5.41, 5.74) is 0.969. The lowest BCUT2D eigenvalue weighted by atomic mass is 10.2. The lowest BCUT2D eigenvalue weighted by molar-refractivity contribution is 0.484. The zero-order chi connectivity index (χ0) is 13.3. The van der Waals surface area contributed by atoms with Crippen molar-refractivity contribution in [2.24, 2.45) is 0 Å². The number of aromatic nitrogens is 1. The normalized spacial score (nSPS) is 14.9. The van der Waals surface area contributed by atoms with E-state index < -0.39 is 14.6 Å². The van der Waals surface area contributed by atoms with Gasteiger partial charge in [0, 0.05) is 24.2 Å². The maximum Gasteiger partial charge on any atom is 0.153 e. The van der Waals surface area contributed by atoms with Gasteiger partial charge in [0.15, 0.2) is 9.84 Å². The van der Waals surface area contributed by atoms with Crippen molar-refractivity contribution < 1.29 is 8.42 Å². The van der Waals surface area contributed by atoms with Crippen LogP contribution in [-0.4, -0.2) is 30.9 Å². The van der Waals surface area contributed by atoms with E-state index in [1.54, 1.807) is 25.2 Å². The molecule has 0 amide bonds. The van der Waals surface area contributed by atoms with Gasteiger partial charge in [0.25, 0.3) is 0 Å². The van der Waals surface area contributed by atoms with Crippen molar-refractivity contribution in [3.63, 3.8) is 0 Å². The summed E-state index contributed by atoms with van der Waals surface area (Å²) in [5.74, 6) is 0. The van der Waals surface area contributed by atoms with Crippen LogP contribution in [0.15, 0.2) is 5.38 Å². The van der Waals surface area contributed by atoms with Crippen LogP contribution in [0.4, 0.5) is 0 Å². The van der Waals surface area contributed by atoms with E-state index in [2.05, 4.69) is 10.3 Å². The van der Waals surface area contributed by atoms with E-state index in [1.807, 2.05) is 19.2 Å². The summed E-state index contributed by atoms with van der Waals surface area (Å²) in [6, 6.07) is 0.0703. The first-order valence-corrected chi connectivity index (χ1v) is 8.25. The minimum absolute atomic E-state index is 0.0703. The molecule has 1 atom stereocenters. The van der Waals surface area contributed by atoms with Crippen LogP contribution in [0.25, 0.3) is 0 Å². The van der Waals surface area contributed by atoms with Gasteiger partial charge in [-0.1, -0.05) is 0 Å². The van der Waals surface area contributed by atoms with E-state index >= 15 is 0 Å². The average Bonchev–Trinajstić information content (AvgIpc) is 2.59. The Bertz CT molecular complexity index is 477. The molecule has 6 heteroatoms. The number of aryl methyl sites for hydroxylation is 1. The first-order chi connectivity index (χ1) is 7.63. The predicted octanol–water partition coefficient (Wildman–Crippen LogP) is 1.93. The van der Waals surface area contributed by atoms with Crippen molar-refractivity contribution in [2.45, 2.75) is 38.5 Å². The minimum Gasteiger partial charge on any atom is -0.307 e. The smallest absolute Gasteiger partial charge is 0.153 e. The van der Waals surface area contributed by atoms with Crippen molar-refractivity contribution in [3.05, 3.63) is 16.1 Å². The van der Waals surface area contributed by atoms with Gasteiger partial charge in [0.05, 0.1) is 15.4 Å². The van der Waals surface area contributed by atoms with Crippen LogP contribution in [0.1, 0.15) is 37.5 Å². The van der Waals surface area contributed by atoms with Gasteiger partial charge in [-0.15, -0.1) is 11.3 Å². The van der Waals surface area contributed by atoms with Gasteiger partial charge in [-0.25, -0.2) is 13.4 Å². The molecule has 1 rings (SSSR count). The third-order valence-corrected chi connectivity index (χ3v) is 5.86. The van der Waals surface area contributed by atoms with Gasteiger partial charge in [-0.2, -0.15) is 0 Å². The molecule has 0 aliphatic heterocycles. The Morgan fingerprint density at radius 3 is 2.53 bits per heavy atom. The first-order valence-electron chi connectivity index (χ1n) is 5.48. The fourth-order valence-corrected chi connectivity index (χ4v) is 2.27. The third-order valence-electron chi connectivity index (χ3n) is 2.92. The summed E-state index contributed by atoms with van der Waals surface area (Å²) < 4.78 is 22.3. The number of hydrogen-bond acceptors (Lipinski definition) is 5. The standard InChI is InChI=1S/C11H20N2O2S2/c1-8(10-6-16-9(2)13-10)12-7-11(3,4)17(5,14)15/h6,8,12H,7H2,1-5H3. The summed E-state index contributed by atoms with van der Waals surface area (Å²) in [7, 11) is -3.06. The topological polar surface area (TPSA) is 59.1 Å². The molecule has 4 nitrogen and oxygen atoms in total. The number of nitrogens with zero attached hydrogens (tertiary/aromatic N) is 1. The summed E-state index contributed by atoms with van der Waals surface area (Å²) in [6.07, 6.45) is 1.27. The van der Waals surface area contributed by atoms with Crippen molar-refractivity contribution in [3.8, 4) is 0 Å². The number of sulfone groups is 1. The van der Waals surface area contributed by atoms with Crippen molar-refractivity contribution in [1.29, 1.82) is 0 Å². The Morgan fingerprint density at radius 1 is 1.53 bits per heavy atom. The predicted molar refractivity (Wildman–Crippen MR) is 72.2 cm³/mol. The fourth-order valence-electron chi connectivity index (χ4n) is 1.21. The van der Waals surface area contributed by atoms with Gasteiger partial charge >= 0.3 is 0 Å². The van der Waals surface area contributed by atoms with Gasteiger partial charge in [0.1, 0.15) is 0 Å². The van der Waals surface area contributed by atoms with Gasteiger partial charge in [-0.05, 0) is 27.7 Å². The van der Waals surface area contributed by atoms with Crippen molar-refractivity contribution in [1.82, 2.24) is 10.3 Å². The molecular weight excluding hydrogens is 256 g/mol. The van der Waals surface area contributed by atoms with Crippen LogP contribution in [0.5, 0.6) is 0 Å². The average molecular weight is 276 g/mol. The second kappa shape index (κ2) is 5.04. The second-order valence-electron chi connectivity index (χ2n) is 4.93. The van der Waals surface area contributed by atoms with Crippen LogP contribution in [0, 0.1) is 6.92 Å². The zero-order valence-corrected chi connectivity index (χ0v) is 12.6. The van der Waals surface area contributed by atoms with Gasteiger partial charge < -0.3 is 5.32 Å². The Morgan fingerprint density at radius 2 is 2.12 bits per heavy atom. The molecule has 1 N–H and O–H groups in total. The van der Waals surface area contributed by atoms with Crippen LogP contribution >= 0.6 is 11.3 Å². The van der Waals surface area contributed by atoms with Crippen LogP contribution < -0.4 is 5.32 Å². The molecule has 0 aromatic carbocycles.